The summed E-state index contributed by atoms with van der Waals surface area (Å²) in [6.45, 7) is 13.4. The second-order valence-electron chi connectivity index (χ2n) is 7.20. The maximum absolute atomic E-state index is 11.8. The SMILES string of the molecule is Cc1cccc(NCC(CNC(=O)OC(C)(C)C)C(C)C)c1Br. The standard InChI is InChI=1S/C18H29BrN2O2/c1-12(2)14(11-21-17(22)23-18(4,5)6)10-20-15-9-7-8-13(3)16(15)19/h7-9,12,14,20H,10-11H2,1-6H3,(H,21,22). The Kier molecular flexibility index (Phi) is 7.39. The number of carbonyl (C=O) groups excluding carboxylic acids is 1. The molecule has 1 unspecified atom stereocenters. The summed E-state index contributed by atoms with van der Waals surface area (Å²) in [7, 11) is 0. The smallest absolute Gasteiger partial charge is 0.407 e. The zero-order valence-corrected chi connectivity index (χ0v) is 16.6. The molecule has 0 bridgehead atoms. The van der Waals surface area contributed by atoms with Gasteiger partial charge in [-0.25, -0.2) is 4.79 Å². The number of benzene rings is 1. The first-order valence-electron chi connectivity index (χ1n) is 8.06. The number of amides is 1. The molecule has 0 fully saturated rings. The lowest BCUT2D eigenvalue weighted by Crippen LogP contribution is -2.38. The van der Waals surface area contributed by atoms with Gasteiger partial charge in [0.1, 0.15) is 5.60 Å². The quantitative estimate of drug-likeness (QED) is 0.727. The number of hydrogen-bond acceptors (Lipinski definition) is 3. The number of anilines is 1. The number of nitrogens with one attached hydrogen (secondary N) is 2. The van der Waals surface area contributed by atoms with E-state index in [0.29, 0.717) is 18.4 Å². The highest BCUT2D eigenvalue weighted by molar-refractivity contribution is 9.10. The van der Waals surface area contributed by atoms with Gasteiger partial charge in [0.15, 0.2) is 0 Å². The van der Waals surface area contributed by atoms with Gasteiger partial charge in [-0.3, -0.25) is 0 Å². The Balaban J connectivity index is 2.56. The van der Waals surface area contributed by atoms with Crippen LogP contribution in [-0.2, 0) is 4.74 Å². The van der Waals surface area contributed by atoms with Gasteiger partial charge >= 0.3 is 6.09 Å². The molecule has 1 atom stereocenters. The van der Waals surface area contributed by atoms with E-state index in [1.165, 1.54) is 5.56 Å². The van der Waals surface area contributed by atoms with E-state index in [1.807, 2.05) is 26.8 Å². The normalized spacial score (nSPS) is 12.9. The number of halogens is 1. The first kappa shape index (κ1) is 19.8. The van der Waals surface area contributed by atoms with Crippen LogP contribution in [0.1, 0.15) is 40.2 Å². The molecule has 1 amide bonds. The third kappa shape index (κ3) is 7.25. The largest absolute Gasteiger partial charge is 0.444 e. The Morgan fingerprint density at radius 3 is 2.48 bits per heavy atom. The number of hydrogen-bond donors (Lipinski definition) is 2. The zero-order valence-electron chi connectivity index (χ0n) is 15.0. The fourth-order valence-electron chi connectivity index (χ4n) is 2.10. The predicted octanol–water partition coefficient (Wildman–Crippen LogP) is 4.97. The molecule has 5 heteroatoms. The van der Waals surface area contributed by atoms with E-state index < -0.39 is 5.60 Å². The monoisotopic (exact) mass is 384 g/mol. The van der Waals surface area contributed by atoms with Crippen LogP contribution in [0.4, 0.5) is 10.5 Å². The van der Waals surface area contributed by atoms with E-state index in [4.69, 9.17) is 4.74 Å². The molecule has 0 aromatic heterocycles. The fraction of sp³-hybridized carbons (Fsp3) is 0.611. The molecule has 0 heterocycles. The fourth-order valence-corrected chi connectivity index (χ4v) is 2.50. The Morgan fingerprint density at radius 2 is 1.91 bits per heavy atom. The summed E-state index contributed by atoms with van der Waals surface area (Å²) < 4.78 is 6.37. The van der Waals surface area contributed by atoms with Crippen LogP contribution >= 0.6 is 15.9 Å². The maximum atomic E-state index is 11.8. The lowest BCUT2D eigenvalue weighted by atomic mass is 9.95. The van der Waals surface area contributed by atoms with Gasteiger partial charge in [0.05, 0.1) is 0 Å². The minimum Gasteiger partial charge on any atom is -0.444 e. The summed E-state index contributed by atoms with van der Waals surface area (Å²) in [5.41, 5.74) is 1.80. The Bertz CT molecular complexity index is 524. The molecule has 2 N–H and O–H groups in total. The van der Waals surface area contributed by atoms with E-state index in [-0.39, 0.29) is 6.09 Å². The summed E-state index contributed by atoms with van der Waals surface area (Å²) in [5.74, 6) is 0.760. The van der Waals surface area contributed by atoms with Crippen LogP contribution in [0.2, 0.25) is 0 Å². The summed E-state index contributed by atoms with van der Waals surface area (Å²) in [6, 6.07) is 6.15. The van der Waals surface area contributed by atoms with E-state index >= 15 is 0 Å². The number of carbonyl (C=O) groups is 1. The molecule has 0 saturated heterocycles. The van der Waals surface area contributed by atoms with Crippen molar-refractivity contribution in [1.29, 1.82) is 0 Å². The second-order valence-corrected chi connectivity index (χ2v) is 8.00. The Hall–Kier alpha value is -1.23. The average molecular weight is 385 g/mol. The van der Waals surface area contributed by atoms with Gasteiger partial charge < -0.3 is 15.4 Å². The lowest BCUT2D eigenvalue weighted by Gasteiger charge is -2.24. The van der Waals surface area contributed by atoms with Crippen molar-refractivity contribution in [3.05, 3.63) is 28.2 Å². The lowest BCUT2D eigenvalue weighted by molar-refractivity contribution is 0.0516. The van der Waals surface area contributed by atoms with Crippen LogP contribution in [0.15, 0.2) is 22.7 Å². The molecule has 0 radical (unpaired) electrons. The van der Waals surface area contributed by atoms with Crippen molar-refractivity contribution in [3.8, 4) is 0 Å². The first-order chi connectivity index (χ1) is 10.6. The van der Waals surface area contributed by atoms with E-state index in [2.05, 4.69) is 59.5 Å². The van der Waals surface area contributed by atoms with Crippen LogP contribution < -0.4 is 10.6 Å². The molecular formula is C18H29BrN2O2. The minimum atomic E-state index is -0.470. The molecule has 0 spiro atoms. The number of rotatable bonds is 6. The molecule has 1 aromatic rings. The predicted molar refractivity (Wildman–Crippen MR) is 99.9 cm³/mol. The van der Waals surface area contributed by atoms with Crippen LogP contribution in [0.25, 0.3) is 0 Å². The Morgan fingerprint density at radius 1 is 1.26 bits per heavy atom. The molecule has 0 aliphatic carbocycles. The molecule has 1 rings (SSSR count). The third-order valence-corrected chi connectivity index (χ3v) is 4.65. The van der Waals surface area contributed by atoms with Crippen molar-refractivity contribution in [2.45, 2.75) is 47.1 Å². The molecule has 23 heavy (non-hydrogen) atoms. The number of alkyl carbamates (subject to hydrolysis) is 1. The van der Waals surface area contributed by atoms with Gasteiger partial charge in [-0.05, 0) is 67.1 Å². The first-order valence-corrected chi connectivity index (χ1v) is 8.85. The van der Waals surface area contributed by atoms with Crippen molar-refractivity contribution in [2.75, 3.05) is 18.4 Å². The zero-order chi connectivity index (χ0) is 17.6. The highest BCUT2D eigenvalue weighted by Gasteiger charge is 2.19. The highest BCUT2D eigenvalue weighted by Crippen LogP contribution is 2.26. The van der Waals surface area contributed by atoms with Crippen LogP contribution in [0, 0.1) is 18.8 Å². The third-order valence-electron chi connectivity index (χ3n) is 3.60. The van der Waals surface area contributed by atoms with Crippen molar-refractivity contribution in [1.82, 2.24) is 5.32 Å². The molecule has 0 aliphatic rings. The van der Waals surface area contributed by atoms with Gasteiger partial charge in [-0.1, -0.05) is 26.0 Å². The molecule has 4 nitrogen and oxygen atoms in total. The van der Waals surface area contributed by atoms with E-state index in [1.54, 1.807) is 0 Å². The summed E-state index contributed by atoms with van der Waals surface area (Å²) >= 11 is 3.61. The van der Waals surface area contributed by atoms with Crippen molar-refractivity contribution >= 4 is 27.7 Å². The van der Waals surface area contributed by atoms with Crippen LogP contribution in [0.5, 0.6) is 0 Å². The summed E-state index contributed by atoms with van der Waals surface area (Å²) in [4.78, 5) is 11.8. The van der Waals surface area contributed by atoms with Crippen molar-refractivity contribution in [3.63, 3.8) is 0 Å². The van der Waals surface area contributed by atoms with Gasteiger partial charge in [-0.2, -0.15) is 0 Å². The highest BCUT2D eigenvalue weighted by atomic mass is 79.9. The second kappa shape index (κ2) is 8.57. The van der Waals surface area contributed by atoms with Gasteiger partial charge in [0.25, 0.3) is 0 Å². The molecule has 0 aliphatic heterocycles. The Labute approximate surface area is 148 Å². The van der Waals surface area contributed by atoms with E-state index in [0.717, 1.165) is 16.7 Å². The van der Waals surface area contributed by atoms with E-state index in [9.17, 15) is 4.79 Å². The van der Waals surface area contributed by atoms with Crippen LogP contribution in [-0.4, -0.2) is 24.8 Å². The average Bonchev–Trinajstić information content (AvgIpc) is 2.40. The number of aryl methyl sites for hydroxylation is 1. The molecule has 130 valence electrons. The summed E-state index contributed by atoms with van der Waals surface area (Å²) in [6.07, 6.45) is -0.361. The minimum absolute atomic E-state index is 0.315. The topological polar surface area (TPSA) is 50.4 Å². The summed E-state index contributed by atoms with van der Waals surface area (Å²) in [5, 5.41) is 6.34. The van der Waals surface area contributed by atoms with Gasteiger partial charge in [0.2, 0.25) is 0 Å². The van der Waals surface area contributed by atoms with Gasteiger partial charge in [0, 0.05) is 23.2 Å². The maximum Gasteiger partial charge on any atom is 0.407 e. The van der Waals surface area contributed by atoms with Gasteiger partial charge in [-0.15, -0.1) is 0 Å². The van der Waals surface area contributed by atoms with Crippen molar-refractivity contribution < 1.29 is 9.53 Å². The molecule has 0 saturated carbocycles. The number of ether oxygens (including phenoxy) is 1. The van der Waals surface area contributed by atoms with Crippen molar-refractivity contribution in [2.24, 2.45) is 11.8 Å². The molecule has 1 aromatic carbocycles. The molecular weight excluding hydrogens is 356 g/mol. The van der Waals surface area contributed by atoms with Crippen LogP contribution in [0.3, 0.4) is 0 Å².